The second-order valence-corrected chi connectivity index (χ2v) is 17.0. The summed E-state index contributed by atoms with van der Waals surface area (Å²) in [5, 5.41) is 3.20. The Morgan fingerprint density at radius 1 is 0.886 bits per heavy atom. The van der Waals surface area contributed by atoms with Crippen LogP contribution >= 0.6 is 12.6 Å². The van der Waals surface area contributed by atoms with Gasteiger partial charge in [-0.2, -0.15) is 0 Å². The van der Waals surface area contributed by atoms with Gasteiger partial charge in [0.1, 0.15) is 0 Å². The van der Waals surface area contributed by atoms with Crippen LogP contribution in [0.3, 0.4) is 0 Å². The molecular weight excluding hydrogens is 535 g/mol. The van der Waals surface area contributed by atoms with Crippen LogP contribution in [-0.2, 0) is 14.0 Å². The van der Waals surface area contributed by atoms with Crippen LogP contribution in [0.5, 0.6) is 0 Å². The van der Waals surface area contributed by atoms with Gasteiger partial charge in [-0.3, -0.25) is 0 Å². The van der Waals surface area contributed by atoms with E-state index in [4.69, 9.17) is 21.8 Å². The summed E-state index contributed by atoms with van der Waals surface area (Å²) in [6.07, 6.45) is 0.494. The monoisotopic (exact) mass is 572 g/mol. The van der Waals surface area contributed by atoms with Crippen molar-refractivity contribution in [2.45, 2.75) is 55.8 Å². The summed E-state index contributed by atoms with van der Waals surface area (Å²) in [4.78, 5) is 11.8. The minimum absolute atomic E-state index is 0.0485. The maximum absolute atomic E-state index is 11.8. The van der Waals surface area contributed by atoms with E-state index >= 15 is 0 Å². The molecule has 0 aromatic heterocycles. The fourth-order valence-electron chi connectivity index (χ4n) is 4.45. The van der Waals surface area contributed by atoms with E-state index in [1.165, 1.54) is 21.8 Å². The number of hydrogen-bond donors (Lipinski definition) is 1. The van der Waals surface area contributed by atoms with Gasteiger partial charge in [0.2, 0.25) is 0 Å². The van der Waals surface area contributed by atoms with Gasteiger partial charge in [0, 0.05) is 0 Å². The van der Waals surface area contributed by atoms with Crippen molar-refractivity contribution < 1.29 is 14.0 Å². The van der Waals surface area contributed by atoms with E-state index in [1.807, 2.05) is 6.07 Å². The van der Waals surface area contributed by atoms with Crippen molar-refractivity contribution in [2.24, 2.45) is 0 Å². The summed E-state index contributed by atoms with van der Waals surface area (Å²) in [5.74, 6) is -0.243. The molecule has 3 rings (SSSR count). The normalized spacial score (nSPS) is 13.7. The molecule has 0 saturated heterocycles. The number of thiol groups is 1. The number of hydrogen-bond acceptors (Lipinski definition) is 4. The quantitative estimate of drug-likeness (QED) is 0.207. The second-order valence-electron chi connectivity index (χ2n) is 9.72. The van der Waals surface area contributed by atoms with Crippen molar-refractivity contribution >= 4 is 56.7 Å². The standard InChI is InChI=1S/C29H36O3SSeSi/c1-23(30)32-24(22-34-26-14-8-5-9-15-26)20-25(33)21-31-35(29(2,3)4,27-16-10-6-11-17-27)28-18-12-7-13-19-28/h5-19,24-25,33H,20-22H2,1-4H3. The van der Waals surface area contributed by atoms with Crippen molar-refractivity contribution in [3.63, 3.8) is 0 Å². The predicted octanol–water partition coefficient (Wildman–Crippen LogP) is 4.63. The second kappa shape index (κ2) is 12.9. The molecule has 0 heterocycles. The van der Waals surface area contributed by atoms with E-state index in [9.17, 15) is 4.79 Å². The van der Waals surface area contributed by atoms with Crippen LogP contribution in [0.2, 0.25) is 10.4 Å². The Morgan fingerprint density at radius 3 is 1.83 bits per heavy atom. The van der Waals surface area contributed by atoms with Crippen molar-refractivity contribution in [2.75, 3.05) is 6.61 Å². The van der Waals surface area contributed by atoms with Crippen molar-refractivity contribution in [3.05, 3.63) is 91.0 Å². The maximum atomic E-state index is 11.8. The molecule has 0 amide bonds. The number of esters is 1. The Bertz CT molecular complexity index is 1000. The van der Waals surface area contributed by atoms with Crippen molar-refractivity contribution in [3.8, 4) is 0 Å². The molecule has 0 bridgehead atoms. The first-order valence-electron chi connectivity index (χ1n) is 12.0. The van der Waals surface area contributed by atoms with Gasteiger partial charge in [-0.1, -0.05) is 0 Å². The summed E-state index contributed by atoms with van der Waals surface area (Å²) in [7, 11) is -2.62. The SMILES string of the molecule is CC(=O)OC(C[Se]c1ccccc1)CC(S)CO[Si](c1ccccc1)(c1ccccc1)C(C)(C)C. The molecule has 0 spiro atoms. The zero-order valence-electron chi connectivity index (χ0n) is 21.0. The average Bonchev–Trinajstić information content (AvgIpc) is 2.84. The molecule has 0 aliphatic rings. The Kier molecular flexibility index (Phi) is 10.3. The van der Waals surface area contributed by atoms with Gasteiger partial charge in [-0.15, -0.1) is 0 Å². The van der Waals surface area contributed by atoms with Crippen LogP contribution in [-0.4, -0.2) is 47.2 Å². The molecule has 0 N–H and O–H groups in total. The Hall–Kier alpha value is -1.82. The summed E-state index contributed by atoms with van der Waals surface area (Å²) in [5.41, 5.74) is 0. The van der Waals surface area contributed by atoms with Crippen LogP contribution in [0, 0.1) is 0 Å². The van der Waals surface area contributed by atoms with E-state index in [-0.39, 0.29) is 37.3 Å². The van der Waals surface area contributed by atoms with E-state index in [1.54, 1.807) is 0 Å². The molecule has 0 aliphatic carbocycles. The fourth-order valence-corrected chi connectivity index (χ4v) is 11.5. The fraction of sp³-hybridized carbons (Fsp3) is 0.345. The molecule has 0 saturated carbocycles. The van der Waals surface area contributed by atoms with Crippen LogP contribution in [0.15, 0.2) is 91.0 Å². The molecule has 186 valence electrons. The topological polar surface area (TPSA) is 35.5 Å². The van der Waals surface area contributed by atoms with E-state index in [0.29, 0.717) is 13.0 Å². The summed E-state index contributed by atoms with van der Waals surface area (Å²) < 4.78 is 14.0. The molecule has 0 aliphatic heterocycles. The predicted molar refractivity (Wildman–Crippen MR) is 153 cm³/mol. The van der Waals surface area contributed by atoms with E-state index in [2.05, 4.69) is 106 Å². The number of benzene rings is 3. The average molecular weight is 572 g/mol. The Morgan fingerprint density at radius 2 is 1.37 bits per heavy atom. The molecule has 35 heavy (non-hydrogen) atoms. The zero-order chi connectivity index (χ0) is 25.3. The van der Waals surface area contributed by atoms with Crippen LogP contribution in [0.25, 0.3) is 0 Å². The van der Waals surface area contributed by atoms with Crippen molar-refractivity contribution in [1.29, 1.82) is 0 Å². The molecule has 0 radical (unpaired) electrons. The van der Waals surface area contributed by atoms with Crippen LogP contribution in [0.1, 0.15) is 34.1 Å². The van der Waals surface area contributed by atoms with Gasteiger partial charge < -0.3 is 0 Å². The number of ether oxygens (including phenoxy) is 1. The van der Waals surface area contributed by atoms with Crippen LogP contribution in [0.4, 0.5) is 0 Å². The molecule has 0 fully saturated rings. The van der Waals surface area contributed by atoms with Gasteiger partial charge in [-0.05, 0) is 0 Å². The first-order valence-corrected chi connectivity index (χ1v) is 16.5. The summed E-state index contributed by atoms with van der Waals surface area (Å²) in [6, 6.07) is 31.7. The molecular formula is C29H36O3SSeSi. The summed E-state index contributed by atoms with van der Waals surface area (Å²) >= 11 is 5.15. The number of carbonyl (C=O) groups excluding carboxylic acids is 1. The molecule has 2 unspecified atom stereocenters. The van der Waals surface area contributed by atoms with Gasteiger partial charge >= 0.3 is 224 Å². The molecule has 3 aromatic rings. The first-order chi connectivity index (χ1) is 16.7. The van der Waals surface area contributed by atoms with Gasteiger partial charge in [-0.25, -0.2) is 0 Å². The number of carbonyl (C=O) groups is 1. The number of rotatable bonds is 11. The van der Waals surface area contributed by atoms with E-state index < -0.39 is 8.32 Å². The Labute approximate surface area is 223 Å². The third-order valence-corrected chi connectivity index (χ3v) is 13.7. The zero-order valence-corrected chi connectivity index (χ0v) is 24.6. The van der Waals surface area contributed by atoms with E-state index in [0.717, 1.165) is 5.32 Å². The van der Waals surface area contributed by atoms with Gasteiger partial charge in [0.15, 0.2) is 0 Å². The molecule has 3 nitrogen and oxygen atoms in total. The third-order valence-electron chi connectivity index (χ3n) is 5.96. The van der Waals surface area contributed by atoms with Crippen molar-refractivity contribution in [1.82, 2.24) is 0 Å². The van der Waals surface area contributed by atoms with Crippen LogP contribution < -0.4 is 14.8 Å². The van der Waals surface area contributed by atoms with Gasteiger partial charge in [0.05, 0.1) is 0 Å². The molecule has 2 atom stereocenters. The minimum atomic E-state index is -2.62. The molecule has 6 heteroatoms. The third kappa shape index (κ3) is 7.58. The summed E-state index contributed by atoms with van der Waals surface area (Å²) in [6.45, 7) is 8.80. The first kappa shape index (κ1) is 27.8. The Balaban J connectivity index is 1.79. The van der Waals surface area contributed by atoms with Gasteiger partial charge in [0.25, 0.3) is 0 Å². The molecule has 3 aromatic carbocycles.